The zero-order valence-electron chi connectivity index (χ0n) is 15.6. The third kappa shape index (κ3) is 3.21. The second-order valence-electron chi connectivity index (χ2n) is 6.29. The number of fused-ring (bicyclic) bond motifs is 1. The smallest absolute Gasteiger partial charge is 0.160 e. The molecule has 0 unspecified atom stereocenters. The largest absolute Gasteiger partial charge is 0.355 e. The number of para-hydroxylation sites is 1. The minimum absolute atomic E-state index is 0.614. The summed E-state index contributed by atoms with van der Waals surface area (Å²) in [6.45, 7) is 5.86. The van der Waals surface area contributed by atoms with Crippen molar-refractivity contribution in [3.8, 4) is 16.9 Å². The van der Waals surface area contributed by atoms with Gasteiger partial charge in [0, 0.05) is 23.7 Å². The summed E-state index contributed by atoms with van der Waals surface area (Å²) in [6.07, 6.45) is 1.59. The van der Waals surface area contributed by atoms with Gasteiger partial charge in [0.1, 0.15) is 17.5 Å². The summed E-state index contributed by atoms with van der Waals surface area (Å²) in [5, 5.41) is 6.18. The minimum atomic E-state index is 0.614. The molecule has 0 saturated heterocycles. The lowest BCUT2D eigenvalue weighted by Gasteiger charge is -2.19. The first-order valence-electron chi connectivity index (χ1n) is 9.13. The van der Waals surface area contributed by atoms with Crippen molar-refractivity contribution in [2.24, 2.45) is 0 Å². The van der Waals surface area contributed by atoms with Crippen LogP contribution in [0.5, 0.6) is 0 Å². The van der Waals surface area contributed by atoms with Crippen LogP contribution in [0.15, 0.2) is 54.9 Å². The van der Waals surface area contributed by atoms with E-state index < -0.39 is 0 Å². The molecule has 5 nitrogen and oxygen atoms in total. The molecule has 2 aromatic carbocycles. The van der Waals surface area contributed by atoms with Gasteiger partial charge < -0.3 is 4.90 Å². The summed E-state index contributed by atoms with van der Waals surface area (Å²) in [6, 6.07) is 15.3. The molecule has 2 aromatic heterocycles. The lowest BCUT2D eigenvalue weighted by molar-refractivity contribution is 0.841. The van der Waals surface area contributed by atoms with Gasteiger partial charge in [-0.05, 0) is 38.1 Å². The van der Waals surface area contributed by atoms with Crippen molar-refractivity contribution in [3.63, 3.8) is 0 Å². The lowest BCUT2D eigenvalue weighted by atomic mass is 10.1. The van der Waals surface area contributed by atoms with Gasteiger partial charge in [0.2, 0.25) is 0 Å². The quantitative estimate of drug-likeness (QED) is 0.426. The highest BCUT2D eigenvalue weighted by Gasteiger charge is 2.22. The summed E-state index contributed by atoms with van der Waals surface area (Å²) in [5.41, 5.74) is 4.12. The number of aromatic nitrogens is 4. The zero-order chi connectivity index (χ0) is 19.7. The van der Waals surface area contributed by atoms with Crippen molar-refractivity contribution in [1.29, 1.82) is 0 Å². The van der Waals surface area contributed by atoms with E-state index in [4.69, 9.17) is 28.3 Å². The second-order valence-corrected chi connectivity index (χ2v) is 7.13. The molecule has 0 saturated carbocycles. The molecule has 0 aliphatic carbocycles. The zero-order valence-corrected chi connectivity index (χ0v) is 17.1. The molecule has 7 heteroatoms. The average Bonchev–Trinajstić information content (AvgIpc) is 3.10. The Morgan fingerprint density at radius 1 is 0.893 bits per heavy atom. The van der Waals surface area contributed by atoms with E-state index in [-0.39, 0.29) is 0 Å². The van der Waals surface area contributed by atoms with Crippen LogP contribution in [0.2, 0.25) is 10.0 Å². The van der Waals surface area contributed by atoms with E-state index in [1.165, 1.54) is 0 Å². The van der Waals surface area contributed by atoms with Crippen molar-refractivity contribution in [2.75, 3.05) is 18.0 Å². The molecule has 4 rings (SSSR count). The highest BCUT2D eigenvalue weighted by atomic mass is 35.5. The van der Waals surface area contributed by atoms with Gasteiger partial charge in [-0.15, -0.1) is 0 Å². The molecule has 142 valence electrons. The van der Waals surface area contributed by atoms with E-state index in [0.29, 0.717) is 10.0 Å². The Morgan fingerprint density at radius 2 is 1.61 bits per heavy atom. The van der Waals surface area contributed by atoms with Gasteiger partial charge in [-0.1, -0.05) is 47.5 Å². The fourth-order valence-corrected chi connectivity index (χ4v) is 3.65. The van der Waals surface area contributed by atoms with Crippen molar-refractivity contribution in [3.05, 3.63) is 64.9 Å². The van der Waals surface area contributed by atoms with Crippen LogP contribution in [0.4, 0.5) is 5.82 Å². The Bertz CT molecular complexity index is 1120. The van der Waals surface area contributed by atoms with Gasteiger partial charge >= 0.3 is 0 Å². The Kier molecular flexibility index (Phi) is 5.20. The third-order valence-electron chi connectivity index (χ3n) is 4.70. The normalized spacial score (nSPS) is 11.1. The number of nitrogens with zero attached hydrogens (tertiary/aromatic N) is 5. The number of hydrogen-bond acceptors (Lipinski definition) is 4. The van der Waals surface area contributed by atoms with Crippen molar-refractivity contribution >= 4 is 40.1 Å². The van der Waals surface area contributed by atoms with Gasteiger partial charge in [-0.3, -0.25) is 0 Å². The Labute approximate surface area is 173 Å². The van der Waals surface area contributed by atoms with E-state index >= 15 is 0 Å². The minimum Gasteiger partial charge on any atom is -0.355 e. The SMILES string of the molecule is CCN(CC)c1ncnc2c(-c3ccc(Cl)cc3)n(-c3ccccc3Cl)nc12. The monoisotopic (exact) mass is 411 g/mol. The average molecular weight is 412 g/mol. The van der Waals surface area contributed by atoms with Crippen LogP contribution in [-0.2, 0) is 0 Å². The van der Waals surface area contributed by atoms with Crippen LogP contribution < -0.4 is 4.90 Å². The predicted octanol–water partition coefficient (Wildman–Crippen LogP) is 5.64. The number of halogens is 2. The third-order valence-corrected chi connectivity index (χ3v) is 5.27. The number of rotatable bonds is 5. The maximum absolute atomic E-state index is 6.50. The van der Waals surface area contributed by atoms with Crippen LogP contribution in [0.25, 0.3) is 28.0 Å². The van der Waals surface area contributed by atoms with E-state index in [1.54, 1.807) is 6.33 Å². The van der Waals surface area contributed by atoms with Gasteiger partial charge in [0.15, 0.2) is 11.3 Å². The highest BCUT2D eigenvalue weighted by molar-refractivity contribution is 6.32. The molecule has 28 heavy (non-hydrogen) atoms. The molecule has 0 aliphatic rings. The Hall–Kier alpha value is -2.63. The van der Waals surface area contributed by atoms with Crippen molar-refractivity contribution < 1.29 is 0 Å². The summed E-state index contributed by atoms with van der Waals surface area (Å²) in [5.74, 6) is 0.816. The topological polar surface area (TPSA) is 46.8 Å². The second kappa shape index (κ2) is 7.78. The van der Waals surface area contributed by atoms with E-state index in [0.717, 1.165) is 46.9 Å². The first kappa shape index (κ1) is 18.7. The molecule has 0 fully saturated rings. The Balaban J connectivity index is 2.07. The molecule has 0 aliphatic heterocycles. The van der Waals surface area contributed by atoms with Gasteiger partial charge in [0.25, 0.3) is 0 Å². The fraction of sp³-hybridized carbons (Fsp3) is 0.190. The number of anilines is 1. The highest BCUT2D eigenvalue weighted by Crippen LogP contribution is 2.35. The maximum atomic E-state index is 6.50. The van der Waals surface area contributed by atoms with Gasteiger partial charge in [-0.25, -0.2) is 14.6 Å². The fourth-order valence-electron chi connectivity index (χ4n) is 3.30. The molecular formula is C21H19Cl2N5. The van der Waals surface area contributed by atoms with E-state index in [9.17, 15) is 0 Å². The number of benzene rings is 2. The van der Waals surface area contributed by atoms with Gasteiger partial charge in [0.05, 0.1) is 10.7 Å². The molecular weight excluding hydrogens is 393 g/mol. The standard InChI is InChI=1S/C21H19Cl2N5/c1-3-27(4-2)21-19-18(24-13-25-21)20(14-9-11-15(22)12-10-14)28(26-19)17-8-6-5-7-16(17)23/h5-13H,3-4H2,1-2H3. The lowest BCUT2D eigenvalue weighted by Crippen LogP contribution is -2.23. The molecule has 2 heterocycles. The maximum Gasteiger partial charge on any atom is 0.160 e. The number of hydrogen-bond donors (Lipinski definition) is 0. The van der Waals surface area contributed by atoms with Crippen LogP contribution in [0.1, 0.15) is 13.8 Å². The van der Waals surface area contributed by atoms with Gasteiger partial charge in [-0.2, -0.15) is 5.10 Å². The molecule has 4 aromatic rings. The van der Waals surface area contributed by atoms with Crippen LogP contribution in [-0.4, -0.2) is 32.8 Å². The van der Waals surface area contributed by atoms with E-state index in [2.05, 4.69) is 28.7 Å². The predicted molar refractivity (Wildman–Crippen MR) is 116 cm³/mol. The summed E-state index contributed by atoms with van der Waals surface area (Å²) < 4.78 is 1.85. The Morgan fingerprint density at radius 3 is 2.29 bits per heavy atom. The molecule has 0 radical (unpaired) electrons. The molecule has 0 atom stereocenters. The van der Waals surface area contributed by atoms with Crippen LogP contribution in [0, 0.1) is 0 Å². The van der Waals surface area contributed by atoms with Crippen molar-refractivity contribution in [1.82, 2.24) is 19.7 Å². The first-order chi connectivity index (χ1) is 13.6. The molecule has 0 N–H and O–H groups in total. The first-order valence-corrected chi connectivity index (χ1v) is 9.89. The van der Waals surface area contributed by atoms with Crippen LogP contribution >= 0.6 is 23.2 Å². The molecule has 0 spiro atoms. The molecule has 0 amide bonds. The van der Waals surface area contributed by atoms with Crippen LogP contribution in [0.3, 0.4) is 0 Å². The summed E-state index contributed by atoms with van der Waals surface area (Å²) in [4.78, 5) is 11.2. The summed E-state index contributed by atoms with van der Waals surface area (Å²) in [7, 11) is 0. The van der Waals surface area contributed by atoms with E-state index in [1.807, 2.05) is 53.2 Å². The van der Waals surface area contributed by atoms with Crippen molar-refractivity contribution in [2.45, 2.75) is 13.8 Å². The molecule has 0 bridgehead atoms. The summed E-state index contributed by atoms with van der Waals surface area (Å²) >= 11 is 12.6.